The number of nitrogens with one attached hydrogen (secondary N) is 3. The van der Waals surface area contributed by atoms with Crippen LogP contribution >= 0.6 is 0 Å². The van der Waals surface area contributed by atoms with Crippen molar-refractivity contribution in [3.05, 3.63) is 47.7 Å². The van der Waals surface area contributed by atoms with E-state index in [1.165, 1.54) is 5.56 Å². The molecule has 0 aliphatic carbocycles. The first kappa shape index (κ1) is 14.3. The highest BCUT2D eigenvalue weighted by Crippen LogP contribution is 2.24. The van der Waals surface area contributed by atoms with Gasteiger partial charge in [-0.2, -0.15) is 4.98 Å². The van der Waals surface area contributed by atoms with E-state index in [1.54, 1.807) is 0 Å². The molecule has 0 saturated carbocycles. The Labute approximate surface area is 128 Å². The third kappa shape index (κ3) is 3.01. The third-order valence-corrected chi connectivity index (χ3v) is 3.41. The molecular weight excluding hydrogens is 278 g/mol. The summed E-state index contributed by atoms with van der Waals surface area (Å²) in [7, 11) is 0. The summed E-state index contributed by atoms with van der Waals surface area (Å²) in [6.07, 6.45) is 1.92. The van der Waals surface area contributed by atoms with Crippen molar-refractivity contribution in [1.82, 2.24) is 15.0 Å². The predicted octanol–water partition coefficient (Wildman–Crippen LogP) is 2.28. The van der Waals surface area contributed by atoms with Gasteiger partial charge in [-0.25, -0.2) is 4.98 Å². The molecule has 0 bridgehead atoms. The molecule has 0 saturated heterocycles. The van der Waals surface area contributed by atoms with Crippen LogP contribution in [0.1, 0.15) is 11.1 Å². The summed E-state index contributed by atoms with van der Waals surface area (Å²) < 4.78 is 0. The van der Waals surface area contributed by atoms with Gasteiger partial charge in [-0.1, -0.05) is 30.3 Å². The number of nitrogens with zero attached hydrogens (tertiary/aromatic N) is 2. The Bertz CT molecular complexity index is 754. The number of fused-ring (bicyclic) bond motifs is 1. The standard InChI is InChI=1S/C16H19N5O/c1-11-9-18-14-13(11)20-16(17-7-8-22)21-15(14)19-10-12-5-3-2-4-6-12/h2-6,9,18,22H,7-8,10H2,1H3,(H2,17,19,20,21). The van der Waals surface area contributed by atoms with Gasteiger partial charge in [0.05, 0.1) is 12.1 Å². The van der Waals surface area contributed by atoms with Crippen molar-refractivity contribution in [2.45, 2.75) is 13.5 Å². The molecule has 114 valence electrons. The van der Waals surface area contributed by atoms with E-state index in [9.17, 15) is 0 Å². The summed E-state index contributed by atoms with van der Waals surface area (Å²) in [6.45, 7) is 3.15. The minimum absolute atomic E-state index is 0.0420. The molecule has 0 radical (unpaired) electrons. The number of benzene rings is 1. The summed E-state index contributed by atoms with van der Waals surface area (Å²) >= 11 is 0. The maximum absolute atomic E-state index is 8.94. The largest absolute Gasteiger partial charge is 0.395 e. The van der Waals surface area contributed by atoms with Crippen molar-refractivity contribution in [2.24, 2.45) is 0 Å². The molecule has 22 heavy (non-hydrogen) atoms. The highest BCUT2D eigenvalue weighted by Gasteiger charge is 2.11. The predicted molar refractivity (Wildman–Crippen MR) is 88.0 cm³/mol. The van der Waals surface area contributed by atoms with Gasteiger partial charge in [-0.05, 0) is 18.1 Å². The number of aromatic amines is 1. The molecule has 0 aliphatic rings. The SMILES string of the molecule is Cc1c[nH]c2c(NCc3ccccc3)nc(NCCO)nc12. The fourth-order valence-corrected chi connectivity index (χ4v) is 2.29. The first-order valence-corrected chi connectivity index (χ1v) is 7.26. The summed E-state index contributed by atoms with van der Waals surface area (Å²) in [5.74, 6) is 1.27. The number of aromatic nitrogens is 3. The zero-order valence-corrected chi connectivity index (χ0v) is 12.4. The van der Waals surface area contributed by atoms with Gasteiger partial charge in [-0.15, -0.1) is 0 Å². The molecule has 3 rings (SSSR count). The molecular formula is C16H19N5O. The lowest BCUT2D eigenvalue weighted by molar-refractivity contribution is 0.311. The van der Waals surface area contributed by atoms with Gasteiger partial charge in [0.15, 0.2) is 5.82 Å². The van der Waals surface area contributed by atoms with E-state index in [2.05, 4.69) is 37.7 Å². The normalized spacial score (nSPS) is 10.8. The highest BCUT2D eigenvalue weighted by molar-refractivity contribution is 5.89. The number of rotatable bonds is 6. The van der Waals surface area contributed by atoms with Crippen LogP contribution < -0.4 is 10.6 Å². The molecule has 6 nitrogen and oxygen atoms in total. The van der Waals surface area contributed by atoms with Crippen molar-refractivity contribution in [2.75, 3.05) is 23.8 Å². The molecule has 1 aromatic carbocycles. The molecule has 0 unspecified atom stereocenters. The smallest absolute Gasteiger partial charge is 0.225 e. The Morgan fingerprint density at radius 2 is 1.95 bits per heavy atom. The van der Waals surface area contributed by atoms with Crippen LogP contribution in [0, 0.1) is 6.92 Å². The summed E-state index contributed by atoms with van der Waals surface area (Å²) in [4.78, 5) is 12.2. The Morgan fingerprint density at radius 3 is 2.73 bits per heavy atom. The average Bonchev–Trinajstić information content (AvgIpc) is 2.93. The third-order valence-electron chi connectivity index (χ3n) is 3.41. The van der Waals surface area contributed by atoms with E-state index in [0.29, 0.717) is 19.0 Å². The summed E-state index contributed by atoms with van der Waals surface area (Å²) in [5.41, 5.74) is 4.02. The highest BCUT2D eigenvalue weighted by atomic mass is 16.3. The van der Waals surface area contributed by atoms with Crippen molar-refractivity contribution in [1.29, 1.82) is 0 Å². The Morgan fingerprint density at radius 1 is 1.14 bits per heavy atom. The molecule has 0 fully saturated rings. The number of aliphatic hydroxyl groups excluding tert-OH is 1. The van der Waals surface area contributed by atoms with Crippen LogP contribution in [0.15, 0.2) is 36.5 Å². The van der Waals surface area contributed by atoms with E-state index in [1.807, 2.05) is 31.3 Å². The summed E-state index contributed by atoms with van der Waals surface area (Å²) in [5, 5.41) is 15.3. The Balaban J connectivity index is 1.89. The van der Waals surface area contributed by atoms with Crippen LogP contribution in [-0.4, -0.2) is 33.2 Å². The average molecular weight is 297 g/mol. The lowest BCUT2D eigenvalue weighted by Gasteiger charge is -2.10. The van der Waals surface area contributed by atoms with Crippen LogP contribution in [0.25, 0.3) is 11.0 Å². The second-order valence-electron chi connectivity index (χ2n) is 5.08. The monoisotopic (exact) mass is 297 g/mol. The molecule has 3 aromatic rings. The number of hydrogen-bond donors (Lipinski definition) is 4. The number of aliphatic hydroxyl groups is 1. The van der Waals surface area contributed by atoms with Crippen molar-refractivity contribution < 1.29 is 5.11 Å². The van der Waals surface area contributed by atoms with Gasteiger partial charge in [0.25, 0.3) is 0 Å². The lowest BCUT2D eigenvalue weighted by Crippen LogP contribution is -2.11. The molecule has 4 N–H and O–H groups in total. The molecule has 0 spiro atoms. The van der Waals surface area contributed by atoms with Gasteiger partial charge < -0.3 is 20.7 Å². The van der Waals surface area contributed by atoms with Crippen LogP contribution in [0.5, 0.6) is 0 Å². The Hall–Kier alpha value is -2.60. The maximum Gasteiger partial charge on any atom is 0.225 e. The van der Waals surface area contributed by atoms with Gasteiger partial charge in [0.1, 0.15) is 5.52 Å². The fourth-order valence-electron chi connectivity index (χ4n) is 2.29. The quantitative estimate of drug-likeness (QED) is 0.561. The lowest BCUT2D eigenvalue weighted by atomic mass is 10.2. The number of H-pyrrole nitrogens is 1. The first-order valence-electron chi connectivity index (χ1n) is 7.26. The zero-order chi connectivity index (χ0) is 15.4. The van der Waals surface area contributed by atoms with Gasteiger partial charge >= 0.3 is 0 Å². The van der Waals surface area contributed by atoms with Crippen LogP contribution in [0.2, 0.25) is 0 Å². The molecule has 0 atom stereocenters. The van der Waals surface area contributed by atoms with E-state index in [0.717, 1.165) is 22.4 Å². The van der Waals surface area contributed by atoms with E-state index >= 15 is 0 Å². The van der Waals surface area contributed by atoms with Gasteiger partial charge in [0.2, 0.25) is 5.95 Å². The van der Waals surface area contributed by atoms with Crippen molar-refractivity contribution >= 4 is 22.8 Å². The molecule has 0 amide bonds. The Kier molecular flexibility index (Phi) is 4.20. The molecule has 2 aromatic heterocycles. The molecule has 6 heteroatoms. The van der Waals surface area contributed by atoms with E-state index in [-0.39, 0.29) is 6.61 Å². The minimum Gasteiger partial charge on any atom is -0.395 e. The van der Waals surface area contributed by atoms with Gasteiger partial charge in [0, 0.05) is 19.3 Å². The molecule has 0 aliphatic heterocycles. The van der Waals surface area contributed by atoms with E-state index < -0.39 is 0 Å². The van der Waals surface area contributed by atoms with Crippen molar-refractivity contribution in [3.8, 4) is 0 Å². The second-order valence-corrected chi connectivity index (χ2v) is 5.08. The number of aryl methyl sites for hydroxylation is 1. The molecule has 2 heterocycles. The van der Waals surface area contributed by atoms with Crippen LogP contribution in [0.3, 0.4) is 0 Å². The number of hydrogen-bond acceptors (Lipinski definition) is 5. The topological polar surface area (TPSA) is 85.9 Å². The van der Waals surface area contributed by atoms with Crippen LogP contribution in [0.4, 0.5) is 11.8 Å². The fraction of sp³-hybridized carbons (Fsp3) is 0.250. The first-order chi connectivity index (χ1) is 10.8. The van der Waals surface area contributed by atoms with Crippen molar-refractivity contribution in [3.63, 3.8) is 0 Å². The number of anilines is 2. The second kappa shape index (κ2) is 6.44. The van der Waals surface area contributed by atoms with Gasteiger partial charge in [-0.3, -0.25) is 0 Å². The maximum atomic E-state index is 8.94. The van der Waals surface area contributed by atoms with E-state index in [4.69, 9.17) is 5.11 Å². The minimum atomic E-state index is 0.0420. The van der Waals surface area contributed by atoms with Crippen LogP contribution in [-0.2, 0) is 6.54 Å². The summed E-state index contributed by atoms with van der Waals surface area (Å²) in [6, 6.07) is 10.2. The zero-order valence-electron chi connectivity index (χ0n) is 12.4.